The summed E-state index contributed by atoms with van der Waals surface area (Å²) < 4.78 is 5.19. The first-order chi connectivity index (χ1) is 9.58. The summed E-state index contributed by atoms with van der Waals surface area (Å²) in [6.07, 6.45) is 3.47. The second-order valence-electron chi connectivity index (χ2n) is 6.29. The molecule has 0 saturated carbocycles. The zero-order valence-electron chi connectivity index (χ0n) is 13.0. The van der Waals surface area contributed by atoms with Gasteiger partial charge in [-0.15, -0.1) is 0 Å². The maximum atomic E-state index is 6.14. The van der Waals surface area contributed by atoms with Crippen molar-refractivity contribution in [3.05, 3.63) is 29.8 Å². The van der Waals surface area contributed by atoms with Crippen LogP contribution in [0.4, 0.5) is 0 Å². The van der Waals surface area contributed by atoms with E-state index in [2.05, 4.69) is 30.9 Å². The van der Waals surface area contributed by atoms with Crippen molar-refractivity contribution in [3.63, 3.8) is 0 Å². The third-order valence-corrected chi connectivity index (χ3v) is 4.35. The second kappa shape index (κ2) is 7.09. The van der Waals surface area contributed by atoms with Gasteiger partial charge >= 0.3 is 0 Å². The fourth-order valence-electron chi connectivity index (χ4n) is 3.15. The Morgan fingerprint density at radius 2 is 2.00 bits per heavy atom. The quantitative estimate of drug-likeness (QED) is 0.898. The van der Waals surface area contributed by atoms with Gasteiger partial charge < -0.3 is 10.5 Å². The van der Waals surface area contributed by atoms with Crippen LogP contribution in [0.1, 0.15) is 32.3 Å². The molecule has 112 valence electrons. The predicted molar refractivity (Wildman–Crippen MR) is 84.1 cm³/mol. The first kappa shape index (κ1) is 15.3. The molecule has 0 spiro atoms. The molecular weight excluding hydrogens is 248 g/mol. The average molecular weight is 276 g/mol. The molecule has 1 heterocycles. The van der Waals surface area contributed by atoms with Crippen LogP contribution >= 0.6 is 0 Å². The van der Waals surface area contributed by atoms with Gasteiger partial charge in [-0.1, -0.05) is 19.1 Å². The molecule has 3 nitrogen and oxygen atoms in total. The minimum atomic E-state index is 0.349. The van der Waals surface area contributed by atoms with Crippen LogP contribution < -0.4 is 10.5 Å². The second-order valence-corrected chi connectivity index (χ2v) is 6.29. The third kappa shape index (κ3) is 4.22. The largest absolute Gasteiger partial charge is 0.497 e. The predicted octanol–water partition coefficient (Wildman–Crippen LogP) is 2.69. The van der Waals surface area contributed by atoms with E-state index in [4.69, 9.17) is 10.5 Å². The van der Waals surface area contributed by atoms with E-state index in [-0.39, 0.29) is 0 Å². The van der Waals surface area contributed by atoms with Gasteiger partial charge in [0.1, 0.15) is 5.75 Å². The maximum Gasteiger partial charge on any atom is 0.118 e. The number of methoxy groups -OCH3 is 1. The zero-order valence-corrected chi connectivity index (χ0v) is 13.0. The number of piperidine rings is 1. The highest BCUT2D eigenvalue weighted by molar-refractivity contribution is 5.27. The Balaban J connectivity index is 1.83. The molecule has 1 fully saturated rings. The molecule has 3 unspecified atom stereocenters. The number of benzene rings is 1. The van der Waals surface area contributed by atoms with Crippen LogP contribution in [0.2, 0.25) is 0 Å². The van der Waals surface area contributed by atoms with Gasteiger partial charge in [-0.05, 0) is 49.8 Å². The van der Waals surface area contributed by atoms with Crippen molar-refractivity contribution in [2.75, 3.05) is 20.2 Å². The van der Waals surface area contributed by atoms with Gasteiger partial charge in [0.25, 0.3) is 0 Å². The van der Waals surface area contributed by atoms with E-state index in [0.717, 1.165) is 24.6 Å². The fraction of sp³-hybridized carbons (Fsp3) is 0.647. The van der Waals surface area contributed by atoms with Gasteiger partial charge in [-0.3, -0.25) is 4.90 Å². The highest BCUT2D eigenvalue weighted by Crippen LogP contribution is 2.20. The van der Waals surface area contributed by atoms with E-state index >= 15 is 0 Å². The lowest BCUT2D eigenvalue weighted by Crippen LogP contribution is -2.49. The minimum absolute atomic E-state index is 0.349. The number of rotatable bonds is 5. The van der Waals surface area contributed by atoms with Crippen molar-refractivity contribution in [2.24, 2.45) is 11.7 Å². The Kier molecular flexibility index (Phi) is 5.44. The van der Waals surface area contributed by atoms with Gasteiger partial charge in [0.05, 0.1) is 7.11 Å². The molecular formula is C17H28N2O. The molecule has 20 heavy (non-hydrogen) atoms. The lowest BCUT2D eigenvalue weighted by Gasteiger charge is -2.38. The molecule has 2 rings (SSSR count). The number of aryl methyl sites for hydroxylation is 1. The van der Waals surface area contributed by atoms with Crippen LogP contribution in [0, 0.1) is 5.92 Å². The Morgan fingerprint density at radius 3 is 2.60 bits per heavy atom. The molecule has 0 bridgehead atoms. The first-order valence-corrected chi connectivity index (χ1v) is 7.71. The van der Waals surface area contributed by atoms with Gasteiger partial charge in [0.2, 0.25) is 0 Å². The normalized spacial score (nSPS) is 25.4. The van der Waals surface area contributed by atoms with Gasteiger partial charge in [0, 0.05) is 25.2 Å². The van der Waals surface area contributed by atoms with Crippen LogP contribution in [0.15, 0.2) is 24.3 Å². The summed E-state index contributed by atoms with van der Waals surface area (Å²) in [6.45, 7) is 6.88. The Morgan fingerprint density at radius 1 is 1.30 bits per heavy atom. The van der Waals surface area contributed by atoms with Crippen molar-refractivity contribution >= 4 is 0 Å². The van der Waals surface area contributed by atoms with E-state index < -0.39 is 0 Å². The molecule has 1 aliphatic heterocycles. The number of hydrogen-bond donors (Lipinski definition) is 1. The van der Waals surface area contributed by atoms with Crippen molar-refractivity contribution in [2.45, 2.75) is 45.2 Å². The molecule has 0 aromatic heterocycles. The van der Waals surface area contributed by atoms with Crippen molar-refractivity contribution in [1.29, 1.82) is 0 Å². The molecule has 0 radical (unpaired) electrons. The summed E-state index contributed by atoms with van der Waals surface area (Å²) in [4.78, 5) is 2.56. The first-order valence-electron chi connectivity index (χ1n) is 7.71. The molecule has 1 aliphatic rings. The summed E-state index contributed by atoms with van der Waals surface area (Å²) in [5, 5.41) is 0. The van der Waals surface area contributed by atoms with Crippen LogP contribution in [-0.2, 0) is 6.42 Å². The van der Waals surface area contributed by atoms with Crippen molar-refractivity contribution in [1.82, 2.24) is 4.90 Å². The van der Waals surface area contributed by atoms with Crippen molar-refractivity contribution < 1.29 is 4.74 Å². The van der Waals surface area contributed by atoms with E-state index in [9.17, 15) is 0 Å². The maximum absolute atomic E-state index is 6.14. The van der Waals surface area contributed by atoms with E-state index in [1.807, 2.05) is 12.1 Å². The lowest BCUT2D eigenvalue weighted by molar-refractivity contribution is 0.119. The van der Waals surface area contributed by atoms with Crippen LogP contribution in [0.5, 0.6) is 5.75 Å². The molecule has 1 aromatic rings. The highest BCUT2D eigenvalue weighted by Gasteiger charge is 2.25. The van der Waals surface area contributed by atoms with E-state index in [1.54, 1.807) is 7.11 Å². The molecule has 1 aromatic carbocycles. The smallest absolute Gasteiger partial charge is 0.118 e. The Hall–Kier alpha value is -1.06. The standard InChI is InChI=1S/C17H28N2O/c1-13-10-16(18)12-19(11-13)14(2)4-5-15-6-8-17(20-3)9-7-15/h6-9,13-14,16H,4-5,10-12,18H2,1-3H3. The van der Waals surface area contributed by atoms with Gasteiger partial charge in [0.15, 0.2) is 0 Å². The van der Waals surface area contributed by atoms with Crippen molar-refractivity contribution in [3.8, 4) is 5.75 Å². The molecule has 0 amide bonds. The van der Waals surface area contributed by atoms with Crippen LogP contribution in [-0.4, -0.2) is 37.2 Å². The van der Waals surface area contributed by atoms with E-state index in [1.165, 1.54) is 24.9 Å². The Labute approximate surface area is 123 Å². The average Bonchev–Trinajstić information content (AvgIpc) is 2.44. The van der Waals surface area contributed by atoms with Crippen LogP contribution in [0.25, 0.3) is 0 Å². The molecule has 0 aliphatic carbocycles. The van der Waals surface area contributed by atoms with Crippen LogP contribution in [0.3, 0.4) is 0 Å². The zero-order chi connectivity index (χ0) is 14.5. The summed E-state index contributed by atoms with van der Waals surface area (Å²) in [5.74, 6) is 1.65. The number of nitrogens with two attached hydrogens (primary N) is 1. The molecule has 3 heteroatoms. The summed E-state index contributed by atoms with van der Waals surface area (Å²) in [5.41, 5.74) is 7.52. The highest BCUT2D eigenvalue weighted by atomic mass is 16.5. The number of ether oxygens (including phenoxy) is 1. The third-order valence-electron chi connectivity index (χ3n) is 4.35. The number of likely N-dealkylation sites (tertiary alicyclic amines) is 1. The fourth-order valence-corrected chi connectivity index (χ4v) is 3.15. The Bertz CT molecular complexity index is 394. The number of hydrogen-bond acceptors (Lipinski definition) is 3. The minimum Gasteiger partial charge on any atom is -0.497 e. The topological polar surface area (TPSA) is 38.5 Å². The lowest BCUT2D eigenvalue weighted by atomic mass is 9.94. The molecule has 2 N–H and O–H groups in total. The summed E-state index contributed by atoms with van der Waals surface area (Å²) >= 11 is 0. The molecule has 1 saturated heterocycles. The SMILES string of the molecule is COc1ccc(CCC(C)N2CC(C)CC(N)C2)cc1. The van der Waals surface area contributed by atoms with Gasteiger partial charge in [-0.2, -0.15) is 0 Å². The van der Waals surface area contributed by atoms with Gasteiger partial charge in [-0.25, -0.2) is 0 Å². The summed E-state index contributed by atoms with van der Waals surface area (Å²) in [6, 6.07) is 9.36. The number of nitrogens with zero attached hydrogens (tertiary/aromatic N) is 1. The van der Waals surface area contributed by atoms with E-state index in [0.29, 0.717) is 12.1 Å². The summed E-state index contributed by atoms with van der Waals surface area (Å²) in [7, 11) is 1.71. The molecule has 3 atom stereocenters. The monoisotopic (exact) mass is 276 g/mol.